The monoisotopic (exact) mass is 327 g/mol. The molecule has 1 rings (SSSR count). The number of amides is 1. The first-order valence-corrected chi connectivity index (χ1v) is 8.63. The number of nitrogens with zero attached hydrogens (tertiary/aromatic N) is 1. The van der Waals surface area contributed by atoms with Crippen molar-refractivity contribution in [3.8, 4) is 5.75 Å². The van der Waals surface area contributed by atoms with E-state index in [0.29, 0.717) is 12.0 Å². The molecule has 122 valence electrons. The van der Waals surface area contributed by atoms with E-state index in [1.807, 2.05) is 6.92 Å². The number of sulfone groups is 1. The zero-order valence-electron chi connectivity index (χ0n) is 13.1. The lowest BCUT2D eigenvalue weighted by atomic mass is 10.0. The van der Waals surface area contributed by atoms with Crippen LogP contribution in [0.15, 0.2) is 22.0 Å². The third-order valence-electron chi connectivity index (χ3n) is 2.77. The molecule has 0 aliphatic rings. The molecule has 0 atom stereocenters. The number of ether oxygens (including phenoxy) is 1. The highest BCUT2D eigenvalue weighted by atomic mass is 32.2. The normalized spacial score (nSPS) is 11.3. The van der Waals surface area contributed by atoms with E-state index in [-0.39, 0.29) is 28.3 Å². The number of benzene rings is 1. The molecule has 22 heavy (non-hydrogen) atoms. The van der Waals surface area contributed by atoms with Gasteiger partial charge < -0.3 is 16.2 Å². The summed E-state index contributed by atoms with van der Waals surface area (Å²) in [6.07, 6.45) is 1.35. The molecule has 8 heteroatoms. The first-order chi connectivity index (χ1) is 10.1. The quantitative estimate of drug-likeness (QED) is 0.610. The molecular weight excluding hydrogens is 306 g/mol. The van der Waals surface area contributed by atoms with Gasteiger partial charge in [0, 0.05) is 11.8 Å². The van der Waals surface area contributed by atoms with Crippen LogP contribution >= 0.6 is 0 Å². The molecule has 0 aliphatic heterocycles. The largest absolute Gasteiger partial charge is 0.490 e. The SMILES string of the molecule is CCc1cc(OC(C)C)c(S(C)(=O)=O)cc1C(=O)N=C(N)N. The minimum absolute atomic E-state index is 0.0625. The van der Waals surface area contributed by atoms with Gasteiger partial charge in [-0.2, -0.15) is 4.99 Å². The van der Waals surface area contributed by atoms with Crippen LogP contribution in [0, 0.1) is 0 Å². The third-order valence-corrected chi connectivity index (χ3v) is 3.89. The van der Waals surface area contributed by atoms with Crippen molar-refractivity contribution >= 4 is 21.7 Å². The summed E-state index contributed by atoms with van der Waals surface area (Å²) in [5.41, 5.74) is 11.2. The standard InChI is InChI=1S/C14H21N3O4S/c1-5-9-6-11(21-8(2)3)12(22(4,19)20)7-10(9)13(18)17-14(15)16/h6-8H,5H2,1-4H3,(H4,15,16,17,18). The van der Waals surface area contributed by atoms with Crippen molar-refractivity contribution in [2.45, 2.75) is 38.2 Å². The van der Waals surface area contributed by atoms with Gasteiger partial charge in [0.1, 0.15) is 10.6 Å². The molecular formula is C14H21N3O4S. The van der Waals surface area contributed by atoms with Crippen LogP contribution in [0.5, 0.6) is 5.75 Å². The highest BCUT2D eigenvalue weighted by Crippen LogP contribution is 2.29. The van der Waals surface area contributed by atoms with Crippen LogP contribution in [-0.4, -0.2) is 32.6 Å². The summed E-state index contributed by atoms with van der Waals surface area (Å²) >= 11 is 0. The Morgan fingerprint density at radius 3 is 2.32 bits per heavy atom. The fraction of sp³-hybridized carbons (Fsp3) is 0.429. The Hall–Kier alpha value is -2.09. The van der Waals surface area contributed by atoms with Crippen LogP contribution in [0.3, 0.4) is 0 Å². The summed E-state index contributed by atoms with van der Waals surface area (Å²) in [7, 11) is -3.58. The maximum absolute atomic E-state index is 12.1. The van der Waals surface area contributed by atoms with Crippen LogP contribution < -0.4 is 16.2 Å². The molecule has 1 aromatic carbocycles. The lowest BCUT2D eigenvalue weighted by Gasteiger charge is -2.16. The van der Waals surface area contributed by atoms with E-state index in [9.17, 15) is 13.2 Å². The summed E-state index contributed by atoms with van der Waals surface area (Å²) in [5, 5.41) is 0. The predicted octanol–water partition coefficient (Wildman–Crippen LogP) is 0.853. The predicted molar refractivity (Wildman–Crippen MR) is 84.8 cm³/mol. The van der Waals surface area contributed by atoms with Gasteiger partial charge in [-0.3, -0.25) is 4.79 Å². The van der Waals surface area contributed by atoms with Crippen molar-refractivity contribution in [2.24, 2.45) is 16.5 Å². The molecule has 0 radical (unpaired) electrons. The van der Waals surface area contributed by atoms with Crippen LogP contribution in [0.2, 0.25) is 0 Å². The molecule has 1 amide bonds. The number of aliphatic imine (C=N–C) groups is 1. The average Bonchev–Trinajstić information content (AvgIpc) is 2.35. The third kappa shape index (κ3) is 4.45. The molecule has 0 heterocycles. The van der Waals surface area contributed by atoms with Crippen LogP contribution in [0.4, 0.5) is 0 Å². The Labute approximate surface area is 130 Å². The van der Waals surface area contributed by atoms with Crippen molar-refractivity contribution in [3.63, 3.8) is 0 Å². The molecule has 7 nitrogen and oxygen atoms in total. The van der Waals surface area contributed by atoms with Crippen molar-refractivity contribution in [2.75, 3.05) is 6.26 Å². The van der Waals surface area contributed by atoms with Gasteiger partial charge in [0.05, 0.1) is 6.10 Å². The van der Waals surface area contributed by atoms with E-state index in [0.717, 1.165) is 6.26 Å². The number of guanidine groups is 1. The molecule has 1 aromatic rings. The topological polar surface area (TPSA) is 125 Å². The van der Waals surface area contributed by atoms with Gasteiger partial charge in [0.15, 0.2) is 15.8 Å². The van der Waals surface area contributed by atoms with Crippen molar-refractivity contribution in [3.05, 3.63) is 23.3 Å². The van der Waals surface area contributed by atoms with Crippen molar-refractivity contribution < 1.29 is 17.9 Å². The highest BCUT2D eigenvalue weighted by Gasteiger charge is 2.21. The van der Waals surface area contributed by atoms with Gasteiger partial charge in [-0.1, -0.05) is 6.92 Å². The summed E-state index contributed by atoms with van der Waals surface area (Å²) in [5.74, 6) is -0.844. The Kier molecular flexibility index (Phi) is 5.54. The van der Waals surface area contributed by atoms with Gasteiger partial charge >= 0.3 is 0 Å². The molecule has 0 unspecified atom stereocenters. The first kappa shape index (κ1) is 18.0. The zero-order valence-corrected chi connectivity index (χ0v) is 13.9. The zero-order chi connectivity index (χ0) is 17.1. The molecule has 0 spiro atoms. The Balaban J connectivity index is 3.60. The fourth-order valence-electron chi connectivity index (χ4n) is 1.91. The number of hydrogen-bond acceptors (Lipinski definition) is 4. The van der Waals surface area contributed by atoms with Crippen LogP contribution in [-0.2, 0) is 16.3 Å². The number of nitrogens with two attached hydrogens (primary N) is 2. The maximum Gasteiger partial charge on any atom is 0.280 e. The molecule has 0 bridgehead atoms. The maximum atomic E-state index is 12.1. The summed E-state index contributed by atoms with van der Waals surface area (Å²) in [4.78, 5) is 15.5. The Morgan fingerprint density at radius 2 is 1.91 bits per heavy atom. The molecule has 0 fully saturated rings. The molecule has 0 aromatic heterocycles. The number of carbonyl (C=O) groups is 1. The van der Waals surface area contributed by atoms with Crippen LogP contribution in [0.1, 0.15) is 36.7 Å². The number of rotatable bonds is 5. The lowest BCUT2D eigenvalue weighted by molar-refractivity contribution is 0.100. The second-order valence-electron chi connectivity index (χ2n) is 5.09. The molecule has 0 saturated heterocycles. The Bertz CT molecular complexity index is 705. The van der Waals surface area contributed by atoms with Crippen LogP contribution in [0.25, 0.3) is 0 Å². The minimum atomic E-state index is -3.58. The first-order valence-electron chi connectivity index (χ1n) is 6.73. The van der Waals surface area contributed by atoms with Gasteiger partial charge in [0.2, 0.25) is 0 Å². The number of carbonyl (C=O) groups excluding carboxylic acids is 1. The Morgan fingerprint density at radius 1 is 1.32 bits per heavy atom. The molecule has 4 N–H and O–H groups in total. The number of hydrogen-bond donors (Lipinski definition) is 2. The number of aryl methyl sites for hydroxylation is 1. The second kappa shape index (κ2) is 6.78. The van der Waals surface area contributed by atoms with Crippen molar-refractivity contribution in [1.29, 1.82) is 0 Å². The average molecular weight is 327 g/mol. The smallest absolute Gasteiger partial charge is 0.280 e. The summed E-state index contributed by atoms with van der Waals surface area (Å²) in [6.45, 7) is 5.41. The summed E-state index contributed by atoms with van der Waals surface area (Å²) < 4.78 is 29.5. The lowest BCUT2D eigenvalue weighted by Crippen LogP contribution is -2.24. The van der Waals surface area contributed by atoms with Gasteiger partial charge in [0.25, 0.3) is 5.91 Å². The van der Waals surface area contributed by atoms with E-state index in [2.05, 4.69) is 4.99 Å². The van der Waals surface area contributed by atoms with E-state index in [1.54, 1.807) is 19.9 Å². The fourth-order valence-corrected chi connectivity index (χ4v) is 2.71. The van der Waals surface area contributed by atoms with E-state index >= 15 is 0 Å². The summed E-state index contributed by atoms with van der Waals surface area (Å²) in [6, 6.07) is 2.81. The molecule has 0 aliphatic carbocycles. The van der Waals surface area contributed by atoms with Crippen molar-refractivity contribution in [1.82, 2.24) is 0 Å². The highest BCUT2D eigenvalue weighted by molar-refractivity contribution is 7.90. The second-order valence-corrected chi connectivity index (χ2v) is 7.07. The van der Waals surface area contributed by atoms with Gasteiger partial charge in [-0.05, 0) is 38.0 Å². The van der Waals surface area contributed by atoms with Gasteiger partial charge in [-0.15, -0.1) is 0 Å². The van der Waals surface area contributed by atoms with E-state index < -0.39 is 15.7 Å². The van der Waals surface area contributed by atoms with E-state index in [4.69, 9.17) is 16.2 Å². The van der Waals surface area contributed by atoms with Gasteiger partial charge in [-0.25, -0.2) is 8.42 Å². The van der Waals surface area contributed by atoms with E-state index in [1.165, 1.54) is 6.07 Å². The minimum Gasteiger partial charge on any atom is -0.490 e. The molecule has 0 saturated carbocycles.